The molecule has 40 heteroatoms. The summed E-state index contributed by atoms with van der Waals surface area (Å²) >= 11 is 0. The molecule has 2 aromatic heterocycles. The van der Waals surface area contributed by atoms with Crippen molar-refractivity contribution in [1.29, 1.82) is 0 Å². The summed E-state index contributed by atoms with van der Waals surface area (Å²) in [6.07, 6.45) is 3.93. The van der Waals surface area contributed by atoms with E-state index in [0.717, 1.165) is 0 Å². The predicted molar refractivity (Wildman–Crippen MR) is 427 cm³/mol. The molecule has 24 N–H and O–H groups in total. The molecule has 0 aromatic carbocycles. The first-order valence-corrected chi connectivity index (χ1v) is 40.2. The number of aliphatic carboxylic acids is 2. The zero-order valence-electron chi connectivity index (χ0n) is 69.9. The van der Waals surface area contributed by atoms with Crippen LogP contribution in [0.25, 0.3) is 0 Å². The topological polar surface area (TPSA) is 640 Å². The van der Waals surface area contributed by atoms with Crippen LogP contribution in [0.2, 0.25) is 0 Å². The molecule has 0 saturated carbocycles. The number of carboxylic acids is 2. The Hall–Kier alpha value is -10.7. The third kappa shape index (κ3) is 36.2. The fourth-order valence-electron chi connectivity index (χ4n) is 13.1. The Balaban J connectivity index is 1.92. The van der Waals surface area contributed by atoms with E-state index >= 15 is 0 Å². The number of unbranched alkanes of at least 4 members (excludes halogenated alkanes) is 1. The molecule has 1 aliphatic rings. The monoisotopic (exact) mass is 1650 g/mol. The van der Waals surface area contributed by atoms with Crippen LogP contribution < -0.4 is 86.7 Å². The average molecular weight is 1650 g/mol. The number of carbonyl (C=O) groups excluding carboxylic acids is 15. The summed E-state index contributed by atoms with van der Waals surface area (Å²) in [5, 5.41) is 50.8. The number of hydrogen-bond donors (Lipinski definition) is 20. The van der Waals surface area contributed by atoms with Gasteiger partial charge < -0.3 is 112 Å². The van der Waals surface area contributed by atoms with Crippen molar-refractivity contribution < 1.29 is 91.7 Å². The van der Waals surface area contributed by atoms with Gasteiger partial charge in [-0.05, 0) is 119 Å². The molecule has 0 spiro atoms. The highest BCUT2D eigenvalue weighted by Crippen LogP contribution is 2.23. The molecule has 1 fully saturated rings. The molecule has 14 atom stereocenters. The van der Waals surface area contributed by atoms with Crippen molar-refractivity contribution in [2.45, 2.75) is 291 Å². The second kappa shape index (κ2) is 50.1. The van der Waals surface area contributed by atoms with Crippen molar-refractivity contribution in [3.8, 4) is 0 Å². The van der Waals surface area contributed by atoms with Crippen LogP contribution >= 0.6 is 0 Å². The van der Waals surface area contributed by atoms with Gasteiger partial charge in [-0.25, -0.2) is 14.8 Å². The van der Waals surface area contributed by atoms with Gasteiger partial charge in [0.05, 0.1) is 25.1 Å². The lowest BCUT2D eigenvalue weighted by atomic mass is 9.97. The van der Waals surface area contributed by atoms with Gasteiger partial charge in [-0.3, -0.25) is 76.7 Å². The highest BCUT2D eigenvalue weighted by molar-refractivity contribution is 6.01. The number of amides is 15. The molecule has 1 saturated heterocycles. The van der Waals surface area contributed by atoms with Crippen LogP contribution in [0.15, 0.2) is 25.0 Å². The minimum Gasteiger partial charge on any atom is -0.481 e. The second-order valence-corrected chi connectivity index (χ2v) is 32.8. The summed E-state index contributed by atoms with van der Waals surface area (Å²) in [7, 11) is 0. The van der Waals surface area contributed by atoms with Crippen LogP contribution in [0.3, 0.4) is 0 Å². The van der Waals surface area contributed by atoms with E-state index in [1.54, 1.807) is 96.9 Å². The van der Waals surface area contributed by atoms with Gasteiger partial charge in [0.1, 0.15) is 78.5 Å². The molecule has 15 amide bonds. The first-order valence-electron chi connectivity index (χ1n) is 40.2. The molecular weight excluding hydrogens is 1520 g/mol. The van der Waals surface area contributed by atoms with Crippen LogP contribution in [-0.4, -0.2) is 233 Å². The summed E-state index contributed by atoms with van der Waals surface area (Å²) in [6.45, 7) is 24.4. The Labute approximate surface area is 682 Å². The number of primary amides is 2. The number of rotatable bonds is 54. The third-order valence-electron chi connectivity index (χ3n) is 19.2. The molecule has 656 valence electrons. The molecule has 0 aliphatic carbocycles. The highest BCUT2D eigenvalue weighted by atomic mass is 16.4. The number of carbonyl (C=O) groups is 17. The molecule has 1 aliphatic heterocycles. The van der Waals surface area contributed by atoms with Crippen molar-refractivity contribution in [3.63, 3.8) is 0 Å². The van der Waals surface area contributed by atoms with Gasteiger partial charge in [0, 0.05) is 56.0 Å². The number of H-pyrrole nitrogens is 2. The van der Waals surface area contributed by atoms with Crippen molar-refractivity contribution in [2.24, 2.45) is 64.4 Å². The molecule has 3 rings (SSSR count). The molecule has 0 radical (unpaired) electrons. The Morgan fingerprint density at radius 1 is 0.427 bits per heavy atom. The molecule has 0 bridgehead atoms. The summed E-state index contributed by atoms with van der Waals surface area (Å²) in [4.78, 5) is 250. The quantitative estimate of drug-likeness (QED) is 0.0313. The fourth-order valence-corrected chi connectivity index (χ4v) is 13.1. The summed E-state index contributed by atoms with van der Waals surface area (Å²) < 4.78 is 0. The second-order valence-electron chi connectivity index (χ2n) is 32.8. The van der Waals surface area contributed by atoms with E-state index in [9.17, 15) is 91.7 Å². The zero-order valence-corrected chi connectivity index (χ0v) is 69.9. The lowest BCUT2D eigenvalue weighted by Gasteiger charge is -2.32. The minimum atomic E-state index is -1.82. The van der Waals surface area contributed by atoms with E-state index in [1.165, 1.54) is 29.9 Å². The van der Waals surface area contributed by atoms with E-state index in [2.05, 4.69) is 83.7 Å². The Morgan fingerprint density at radius 2 is 0.786 bits per heavy atom. The molecule has 0 unspecified atom stereocenters. The SMILES string of the molecule is CC(C)C[C@H](NC(=O)[C@H](Cc1cnc[nH]1)NC(=O)[C@H](CCC(N)=O)NC(=O)[C@@H]1CCCN1C(=O)[C@H](CC(C)C)NC(=O)[C@H](CC(N)=O)NC(=O)[C@H](Cc1cnc[nH]1)NC(=O)[C@@H](NC(=O)[C@H](CC(C)C)NC(=O)[C@H](CC(C)C)NC(=O)[C@H](CC(C)C)NC(=O)[C@@H](NC(=O)[C@H](CCC(=O)O)NC(=O)[C@@H](N)CCCCN)C(C)C)C(C)C)C(=O)O. The maximum absolute atomic E-state index is 14.8. The lowest BCUT2D eigenvalue weighted by molar-refractivity contribution is -0.143. The van der Waals surface area contributed by atoms with Gasteiger partial charge in [-0.15, -0.1) is 0 Å². The number of hydrogen-bond acceptors (Lipinski definition) is 21. The van der Waals surface area contributed by atoms with Gasteiger partial charge >= 0.3 is 11.9 Å². The first kappa shape index (κ1) is 101. The van der Waals surface area contributed by atoms with Gasteiger partial charge in [0.25, 0.3) is 0 Å². The molecular formula is C77H129N21O19. The largest absolute Gasteiger partial charge is 0.481 e. The Morgan fingerprint density at radius 3 is 1.21 bits per heavy atom. The number of aromatic amines is 2. The van der Waals surface area contributed by atoms with Crippen molar-refractivity contribution in [3.05, 3.63) is 36.4 Å². The number of aromatic nitrogens is 4. The van der Waals surface area contributed by atoms with E-state index in [0.29, 0.717) is 25.1 Å². The summed E-state index contributed by atoms with van der Waals surface area (Å²) in [5.74, 6) is -18.6. The van der Waals surface area contributed by atoms with Crippen LogP contribution in [0, 0.1) is 41.4 Å². The first-order chi connectivity index (χ1) is 54.8. The van der Waals surface area contributed by atoms with Crippen molar-refractivity contribution >= 4 is 101 Å². The Bertz CT molecular complexity index is 3650. The number of nitrogens with one attached hydrogen (secondary N) is 14. The van der Waals surface area contributed by atoms with Gasteiger partial charge in [-0.2, -0.15) is 0 Å². The maximum atomic E-state index is 14.8. The number of likely N-dealkylation sites (tertiary alicyclic amines) is 1. The van der Waals surface area contributed by atoms with Gasteiger partial charge in [0.15, 0.2) is 0 Å². The summed E-state index contributed by atoms with van der Waals surface area (Å²) in [5.41, 5.74) is 23.5. The average Bonchev–Trinajstić information content (AvgIpc) is 1.75. The maximum Gasteiger partial charge on any atom is 0.326 e. The Kier molecular flexibility index (Phi) is 43.0. The van der Waals surface area contributed by atoms with Crippen LogP contribution in [0.4, 0.5) is 0 Å². The normalized spacial score (nSPS) is 16.2. The van der Waals surface area contributed by atoms with Gasteiger partial charge in [0.2, 0.25) is 88.6 Å². The number of imidazole rings is 2. The van der Waals surface area contributed by atoms with E-state index in [4.69, 9.17) is 22.9 Å². The number of carboxylic acid groups (broad SMARTS) is 2. The van der Waals surface area contributed by atoms with Crippen molar-refractivity contribution in [1.82, 2.24) is 88.6 Å². The number of nitrogens with zero attached hydrogens (tertiary/aromatic N) is 3. The zero-order chi connectivity index (χ0) is 88.2. The molecule has 3 heterocycles. The van der Waals surface area contributed by atoms with E-state index in [-0.39, 0.29) is 119 Å². The van der Waals surface area contributed by atoms with Crippen LogP contribution in [0.5, 0.6) is 0 Å². The highest BCUT2D eigenvalue weighted by Gasteiger charge is 2.43. The van der Waals surface area contributed by atoms with Crippen LogP contribution in [-0.2, 0) is 94.3 Å². The minimum absolute atomic E-state index is 0.00644. The summed E-state index contributed by atoms with van der Waals surface area (Å²) in [6, 6.07) is -19.7. The lowest BCUT2D eigenvalue weighted by Crippen LogP contribution is -2.62. The predicted octanol–water partition coefficient (Wildman–Crippen LogP) is -2.18. The smallest absolute Gasteiger partial charge is 0.326 e. The number of nitrogens with two attached hydrogens (primary N) is 4. The van der Waals surface area contributed by atoms with Crippen LogP contribution in [0.1, 0.15) is 205 Å². The third-order valence-corrected chi connectivity index (χ3v) is 19.2. The van der Waals surface area contributed by atoms with E-state index < -0.39 is 216 Å². The molecule has 2 aromatic rings. The van der Waals surface area contributed by atoms with Crippen molar-refractivity contribution in [2.75, 3.05) is 13.1 Å². The van der Waals surface area contributed by atoms with E-state index in [1.807, 2.05) is 0 Å². The standard InChI is InChI=1S/C77H129N21O19/c1-38(2)26-50(88-68(107)51(27-39(3)4)92-74(113)62(43(11)12)96-66(105)49(21-23-61(101)102)86-64(103)47(79)18-15-16-24-78)67(106)89-52(28-40(5)6)72(111)97-63(44(13)14)75(114)93-54(32-46-35-83-37-85-46)69(108)91-55(33-60(81)100)71(110)94-56(29-41(7)8)76(115)98-25-17-19-58(98)73(112)87-48(20-22-59(80)99)65(104)90-53(31-45-34-82-36-84-45)70(109)95-57(77(116)117)30-42(9)10/h34-44,47-58,62-63H,15-33,78-79H2,1-14H3,(H2,80,99)(H2,81,100)(H,82,84)(H,83,85)(H,86,103)(H,87,112)(H,88,107)(H,89,106)(H,90,104)(H,91,108)(H,92,113)(H,93,114)(H,94,110)(H,95,109)(H,96,105)(H,97,111)(H,101,102)(H,116,117)/t47-,48-,49-,50-,51-,52-,53-,54-,55-,56-,57-,58-,62-,63-/m0/s1. The molecule has 40 nitrogen and oxygen atoms in total. The van der Waals surface area contributed by atoms with Gasteiger partial charge in [-0.1, -0.05) is 103 Å². The molecule has 117 heavy (non-hydrogen) atoms. The fraction of sp³-hybridized carbons (Fsp3) is 0.701.